The van der Waals surface area contributed by atoms with Gasteiger partial charge in [0.15, 0.2) is 0 Å². The quantitative estimate of drug-likeness (QED) is 0.292. The Kier molecular flexibility index (Phi) is 7.08. The molecule has 4 nitrogen and oxygen atoms in total. The molecule has 3 aromatic rings. The van der Waals surface area contributed by atoms with E-state index >= 15 is 0 Å². The molecule has 1 aliphatic carbocycles. The highest BCUT2D eigenvalue weighted by Gasteiger charge is 2.29. The second kappa shape index (κ2) is 9.56. The Labute approximate surface area is 182 Å². The van der Waals surface area contributed by atoms with E-state index in [9.17, 15) is 0 Å². The minimum absolute atomic E-state index is 0.250. The second-order valence-corrected chi connectivity index (χ2v) is 9.66. The van der Waals surface area contributed by atoms with Crippen LogP contribution in [0.15, 0.2) is 48.5 Å². The van der Waals surface area contributed by atoms with Crippen LogP contribution in [-0.4, -0.2) is 11.6 Å². The van der Waals surface area contributed by atoms with Gasteiger partial charge in [-0.05, 0) is 65.0 Å². The molecule has 2 aromatic carbocycles. The van der Waals surface area contributed by atoms with E-state index in [2.05, 4.69) is 74.7 Å². The van der Waals surface area contributed by atoms with Gasteiger partial charge in [0.05, 0.1) is 0 Å². The van der Waals surface area contributed by atoms with Crippen LogP contribution >= 0.6 is 11.3 Å². The predicted octanol–water partition coefficient (Wildman–Crippen LogP) is 5.57. The van der Waals surface area contributed by atoms with Crippen molar-refractivity contribution in [2.75, 3.05) is 0 Å². The summed E-state index contributed by atoms with van der Waals surface area (Å²) >= 11 is 2.01. The molecule has 0 fully saturated rings. The number of aryl methyl sites for hydroxylation is 1. The maximum atomic E-state index is 8.36. The molecule has 0 bridgehead atoms. The molecule has 0 unspecified atom stereocenters. The number of hydrogen-bond acceptors (Lipinski definition) is 4. The van der Waals surface area contributed by atoms with Crippen LogP contribution in [0.1, 0.15) is 41.8 Å². The Bertz CT molecular complexity index is 989. The van der Waals surface area contributed by atoms with Crippen molar-refractivity contribution in [3.8, 4) is 21.6 Å². The van der Waals surface area contributed by atoms with Crippen molar-refractivity contribution in [2.24, 2.45) is 11.3 Å². The zero-order chi connectivity index (χ0) is 21.7. The van der Waals surface area contributed by atoms with Crippen molar-refractivity contribution in [1.82, 2.24) is 5.43 Å². The van der Waals surface area contributed by atoms with Gasteiger partial charge in [-0.25, -0.2) is 0 Å². The summed E-state index contributed by atoms with van der Waals surface area (Å²) in [6, 6.07) is 17.6. The maximum absolute atomic E-state index is 8.36. The van der Waals surface area contributed by atoms with Gasteiger partial charge in [-0.3, -0.25) is 16.1 Å². The van der Waals surface area contributed by atoms with E-state index in [1.165, 1.54) is 52.0 Å². The first-order chi connectivity index (χ1) is 14.4. The minimum atomic E-state index is -0.250. The summed E-state index contributed by atoms with van der Waals surface area (Å²) in [4.78, 5) is 11.4. The first kappa shape index (κ1) is 22.2. The SMILES string of the molecule is Cc1c(-c2ccc(-c3ccc(CNN)cc3)cc2)sc2c1CC(C)(C)CC2.O=CO. The highest BCUT2D eigenvalue weighted by atomic mass is 32.1. The second-order valence-electron chi connectivity index (χ2n) is 8.56. The van der Waals surface area contributed by atoms with Crippen molar-refractivity contribution in [2.45, 2.75) is 46.6 Å². The number of nitrogens with one attached hydrogen (secondary N) is 1. The molecule has 0 saturated heterocycles. The highest BCUT2D eigenvalue weighted by Crippen LogP contribution is 2.44. The Morgan fingerprint density at radius 2 is 1.60 bits per heavy atom. The molecule has 0 saturated carbocycles. The smallest absolute Gasteiger partial charge is 0.290 e. The van der Waals surface area contributed by atoms with Crippen molar-refractivity contribution in [1.29, 1.82) is 0 Å². The van der Waals surface area contributed by atoms with Gasteiger partial charge >= 0.3 is 0 Å². The summed E-state index contributed by atoms with van der Waals surface area (Å²) in [6.07, 6.45) is 3.75. The predicted molar refractivity (Wildman–Crippen MR) is 125 cm³/mol. The van der Waals surface area contributed by atoms with Gasteiger partial charge in [0.1, 0.15) is 0 Å². The third-order valence-corrected chi connectivity index (χ3v) is 7.22. The summed E-state index contributed by atoms with van der Waals surface area (Å²) in [5, 5.41) is 6.89. The molecule has 0 radical (unpaired) electrons. The third kappa shape index (κ3) is 4.98. The Morgan fingerprint density at radius 1 is 1.07 bits per heavy atom. The number of thiophene rings is 1. The number of carbonyl (C=O) groups is 1. The number of nitrogens with two attached hydrogens (primary N) is 1. The molecule has 30 heavy (non-hydrogen) atoms. The lowest BCUT2D eigenvalue weighted by Crippen LogP contribution is -2.21. The average Bonchev–Trinajstić information content (AvgIpc) is 3.05. The fourth-order valence-electron chi connectivity index (χ4n) is 4.08. The number of benzene rings is 2. The van der Waals surface area contributed by atoms with Crippen LogP contribution in [0.25, 0.3) is 21.6 Å². The molecule has 0 spiro atoms. The van der Waals surface area contributed by atoms with E-state index in [0.29, 0.717) is 12.0 Å². The van der Waals surface area contributed by atoms with Gasteiger partial charge in [-0.15, -0.1) is 11.3 Å². The molecule has 1 heterocycles. The van der Waals surface area contributed by atoms with Crippen LogP contribution in [0.5, 0.6) is 0 Å². The molecule has 0 atom stereocenters. The largest absolute Gasteiger partial charge is 0.483 e. The zero-order valence-corrected chi connectivity index (χ0v) is 18.7. The number of fused-ring (bicyclic) bond motifs is 1. The fourth-order valence-corrected chi connectivity index (χ4v) is 5.41. The average molecular weight is 423 g/mol. The van der Waals surface area contributed by atoms with Crippen LogP contribution in [0.4, 0.5) is 0 Å². The summed E-state index contributed by atoms with van der Waals surface area (Å²) in [7, 11) is 0. The summed E-state index contributed by atoms with van der Waals surface area (Å²) in [5.74, 6) is 5.40. The maximum Gasteiger partial charge on any atom is 0.290 e. The van der Waals surface area contributed by atoms with Crippen LogP contribution in [0.2, 0.25) is 0 Å². The lowest BCUT2D eigenvalue weighted by Gasteiger charge is -2.29. The molecule has 0 aliphatic heterocycles. The van der Waals surface area contributed by atoms with E-state index in [0.717, 1.165) is 0 Å². The van der Waals surface area contributed by atoms with E-state index in [4.69, 9.17) is 15.7 Å². The van der Waals surface area contributed by atoms with E-state index in [-0.39, 0.29) is 6.47 Å². The summed E-state index contributed by atoms with van der Waals surface area (Å²) in [6.45, 7) is 7.55. The lowest BCUT2D eigenvalue weighted by atomic mass is 9.76. The van der Waals surface area contributed by atoms with Crippen LogP contribution in [0, 0.1) is 12.3 Å². The van der Waals surface area contributed by atoms with E-state index in [1.54, 1.807) is 10.4 Å². The third-order valence-electron chi connectivity index (χ3n) is 5.78. The van der Waals surface area contributed by atoms with Crippen LogP contribution < -0.4 is 11.3 Å². The van der Waals surface area contributed by atoms with Crippen molar-refractivity contribution in [3.05, 3.63) is 70.1 Å². The fraction of sp³-hybridized carbons (Fsp3) is 0.320. The first-order valence-electron chi connectivity index (χ1n) is 10.2. The van der Waals surface area contributed by atoms with Crippen molar-refractivity contribution >= 4 is 17.8 Å². The summed E-state index contributed by atoms with van der Waals surface area (Å²) in [5.41, 5.74) is 11.3. The molecule has 4 N–H and O–H groups in total. The van der Waals surface area contributed by atoms with Crippen LogP contribution in [-0.2, 0) is 24.2 Å². The van der Waals surface area contributed by atoms with Gasteiger partial charge in [0.25, 0.3) is 6.47 Å². The minimum Gasteiger partial charge on any atom is -0.483 e. The molecule has 158 valence electrons. The number of carboxylic acid groups (broad SMARTS) is 1. The molecule has 4 rings (SSSR count). The zero-order valence-electron chi connectivity index (χ0n) is 17.9. The van der Waals surface area contributed by atoms with Crippen LogP contribution in [0.3, 0.4) is 0 Å². The number of hydrogen-bond donors (Lipinski definition) is 3. The van der Waals surface area contributed by atoms with E-state index in [1.807, 2.05) is 11.3 Å². The summed E-state index contributed by atoms with van der Waals surface area (Å²) < 4.78 is 0. The molecule has 5 heteroatoms. The van der Waals surface area contributed by atoms with Crippen molar-refractivity contribution < 1.29 is 9.90 Å². The number of hydrazine groups is 1. The normalized spacial score (nSPS) is 14.4. The molecule has 1 aliphatic rings. The van der Waals surface area contributed by atoms with E-state index < -0.39 is 0 Å². The van der Waals surface area contributed by atoms with Gasteiger partial charge < -0.3 is 5.11 Å². The topological polar surface area (TPSA) is 75.3 Å². The molecular weight excluding hydrogens is 392 g/mol. The molecule has 1 aromatic heterocycles. The lowest BCUT2D eigenvalue weighted by molar-refractivity contribution is -0.122. The Morgan fingerprint density at radius 3 is 2.17 bits per heavy atom. The highest BCUT2D eigenvalue weighted by molar-refractivity contribution is 7.15. The Balaban J connectivity index is 0.000000806. The monoisotopic (exact) mass is 422 g/mol. The standard InChI is InChI=1S/C24H28N2S.CH2O2/c1-16-21-14-24(2,3)13-12-22(21)27-23(16)20-10-8-19(9-11-20)18-6-4-17(5-7-18)15-26-25;2-1-3/h4-11,26H,12-15,25H2,1-3H3;1H,(H,2,3). The molecule has 0 amide bonds. The number of rotatable bonds is 4. The van der Waals surface area contributed by atoms with Gasteiger partial charge in [0, 0.05) is 16.3 Å². The van der Waals surface area contributed by atoms with Gasteiger partial charge in [0.2, 0.25) is 0 Å². The van der Waals surface area contributed by atoms with Gasteiger partial charge in [-0.1, -0.05) is 62.4 Å². The first-order valence-corrected chi connectivity index (χ1v) is 11.0. The van der Waals surface area contributed by atoms with Crippen molar-refractivity contribution in [3.63, 3.8) is 0 Å². The van der Waals surface area contributed by atoms with Gasteiger partial charge in [-0.2, -0.15) is 0 Å². The molecular formula is C25H30N2O2S. The Hall–Kier alpha value is -2.47.